The molecule has 6 heteroatoms. The first-order chi connectivity index (χ1) is 11.1. The lowest BCUT2D eigenvalue weighted by Gasteiger charge is -2.16. The Morgan fingerprint density at radius 2 is 1.74 bits per heavy atom. The van der Waals surface area contributed by atoms with Crippen LogP contribution in [0.3, 0.4) is 0 Å². The van der Waals surface area contributed by atoms with Gasteiger partial charge in [0, 0.05) is 18.3 Å². The highest BCUT2D eigenvalue weighted by Crippen LogP contribution is 2.39. The van der Waals surface area contributed by atoms with Crippen LogP contribution in [0.25, 0.3) is 0 Å². The number of nitrogens with zero attached hydrogens (tertiary/aromatic N) is 2. The third-order valence-electron chi connectivity index (χ3n) is 3.55. The molecule has 0 aliphatic heterocycles. The molecule has 0 aliphatic carbocycles. The Hall–Kier alpha value is -2.50. The van der Waals surface area contributed by atoms with Gasteiger partial charge in [-0.05, 0) is 26.3 Å². The first kappa shape index (κ1) is 16.9. The average molecular weight is 317 g/mol. The van der Waals surface area contributed by atoms with E-state index in [2.05, 4.69) is 15.3 Å². The normalized spacial score (nSPS) is 10.3. The molecule has 1 aromatic heterocycles. The fourth-order valence-electron chi connectivity index (χ4n) is 2.38. The minimum Gasteiger partial charge on any atom is -0.493 e. The third-order valence-corrected chi connectivity index (χ3v) is 3.55. The summed E-state index contributed by atoms with van der Waals surface area (Å²) >= 11 is 0. The molecule has 0 radical (unpaired) electrons. The molecule has 0 bridgehead atoms. The number of aryl methyl sites for hydroxylation is 2. The number of rotatable bonds is 7. The number of ether oxygens (including phenoxy) is 3. The molecule has 0 amide bonds. The first-order valence-electron chi connectivity index (χ1n) is 7.42. The Morgan fingerprint density at radius 3 is 2.39 bits per heavy atom. The van der Waals surface area contributed by atoms with E-state index >= 15 is 0 Å². The molecule has 2 aromatic rings. The van der Waals surface area contributed by atoms with Crippen molar-refractivity contribution < 1.29 is 14.2 Å². The fourth-order valence-corrected chi connectivity index (χ4v) is 2.38. The van der Waals surface area contributed by atoms with E-state index in [-0.39, 0.29) is 0 Å². The lowest BCUT2D eigenvalue weighted by atomic mass is 10.1. The van der Waals surface area contributed by atoms with E-state index < -0.39 is 0 Å². The molecule has 1 aromatic carbocycles. The number of hydrogen-bond acceptors (Lipinski definition) is 6. The van der Waals surface area contributed by atoms with E-state index in [4.69, 9.17) is 14.2 Å². The summed E-state index contributed by atoms with van der Waals surface area (Å²) in [4.78, 5) is 8.76. The predicted molar refractivity (Wildman–Crippen MR) is 89.8 cm³/mol. The zero-order valence-corrected chi connectivity index (χ0v) is 14.3. The number of hydrogen-bond donors (Lipinski definition) is 1. The summed E-state index contributed by atoms with van der Waals surface area (Å²) in [7, 11) is 4.84. The van der Waals surface area contributed by atoms with Crippen LogP contribution in [0.5, 0.6) is 17.2 Å². The maximum absolute atomic E-state index is 5.49. The van der Waals surface area contributed by atoms with E-state index in [1.165, 1.54) is 0 Å². The van der Waals surface area contributed by atoms with E-state index in [0.29, 0.717) is 23.8 Å². The van der Waals surface area contributed by atoms with Gasteiger partial charge in [0.05, 0.1) is 32.7 Å². The van der Waals surface area contributed by atoms with E-state index in [1.807, 2.05) is 26.0 Å². The van der Waals surface area contributed by atoms with E-state index in [0.717, 1.165) is 29.2 Å². The van der Waals surface area contributed by atoms with Crippen molar-refractivity contribution in [2.75, 3.05) is 33.2 Å². The van der Waals surface area contributed by atoms with Crippen molar-refractivity contribution in [3.8, 4) is 17.2 Å². The van der Waals surface area contributed by atoms with Crippen LogP contribution >= 0.6 is 0 Å². The number of benzene rings is 1. The van der Waals surface area contributed by atoms with Gasteiger partial charge >= 0.3 is 0 Å². The van der Waals surface area contributed by atoms with Gasteiger partial charge in [-0.15, -0.1) is 0 Å². The minimum absolute atomic E-state index is 0.610. The van der Waals surface area contributed by atoms with Gasteiger partial charge in [0.15, 0.2) is 11.5 Å². The summed E-state index contributed by atoms with van der Waals surface area (Å²) in [5.74, 6) is 2.77. The van der Waals surface area contributed by atoms with Crippen LogP contribution in [0.1, 0.15) is 17.0 Å². The molecule has 6 nitrogen and oxygen atoms in total. The molecule has 1 N–H and O–H groups in total. The first-order valence-corrected chi connectivity index (χ1v) is 7.42. The van der Waals surface area contributed by atoms with Crippen LogP contribution in [0, 0.1) is 13.8 Å². The molecule has 124 valence electrons. The van der Waals surface area contributed by atoms with Crippen LogP contribution in [0.4, 0.5) is 5.82 Å². The van der Waals surface area contributed by atoms with Crippen molar-refractivity contribution in [2.24, 2.45) is 0 Å². The van der Waals surface area contributed by atoms with Crippen LogP contribution in [-0.2, 0) is 6.42 Å². The summed E-state index contributed by atoms with van der Waals surface area (Å²) in [5.41, 5.74) is 2.81. The van der Waals surface area contributed by atoms with Crippen LogP contribution in [0.15, 0.2) is 18.3 Å². The lowest BCUT2D eigenvalue weighted by Crippen LogP contribution is -2.10. The Balaban J connectivity index is 2.13. The molecule has 0 unspecified atom stereocenters. The molecule has 0 atom stereocenters. The van der Waals surface area contributed by atoms with Gasteiger partial charge in [0.25, 0.3) is 0 Å². The maximum Gasteiger partial charge on any atom is 0.203 e. The van der Waals surface area contributed by atoms with Crippen molar-refractivity contribution >= 4 is 5.82 Å². The van der Waals surface area contributed by atoms with Crippen molar-refractivity contribution in [2.45, 2.75) is 20.3 Å². The largest absolute Gasteiger partial charge is 0.493 e. The smallest absolute Gasteiger partial charge is 0.203 e. The SMILES string of the molecule is COc1ccc(CCNc2nc(C)cnc2C)c(OC)c1OC. The van der Waals surface area contributed by atoms with Gasteiger partial charge in [-0.3, -0.25) is 4.98 Å². The van der Waals surface area contributed by atoms with Gasteiger partial charge in [0.2, 0.25) is 5.75 Å². The summed E-state index contributed by atoms with van der Waals surface area (Å²) in [5, 5.41) is 3.32. The molecule has 0 saturated carbocycles. The molecule has 0 fully saturated rings. The number of anilines is 1. The molecular formula is C17H23N3O3. The lowest BCUT2D eigenvalue weighted by molar-refractivity contribution is 0.322. The second-order valence-corrected chi connectivity index (χ2v) is 5.12. The zero-order chi connectivity index (χ0) is 16.8. The van der Waals surface area contributed by atoms with Gasteiger partial charge in [-0.2, -0.15) is 0 Å². The van der Waals surface area contributed by atoms with Gasteiger partial charge in [-0.25, -0.2) is 4.98 Å². The predicted octanol–water partition coefficient (Wildman–Crippen LogP) is 2.77. The topological polar surface area (TPSA) is 65.5 Å². The summed E-state index contributed by atoms with van der Waals surface area (Å²) in [6, 6.07) is 3.87. The van der Waals surface area contributed by atoms with Crippen molar-refractivity contribution in [3.05, 3.63) is 35.3 Å². The highest BCUT2D eigenvalue weighted by atomic mass is 16.5. The fraction of sp³-hybridized carbons (Fsp3) is 0.412. The Kier molecular flexibility index (Phi) is 5.62. The third kappa shape index (κ3) is 3.83. The molecule has 23 heavy (non-hydrogen) atoms. The van der Waals surface area contributed by atoms with Crippen LogP contribution < -0.4 is 19.5 Å². The van der Waals surface area contributed by atoms with E-state index in [9.17, 15) is 0 Å². The second-order valence-electron chi connectivity index (χ2n) is 5.12. The molecule has 0 aliphatic rings. The highest BCUT2D eigenvalue weighted by Gasteiger charge is 2.15. The van der Waals surface area contributed by atoms with E-state index in [1.54, 1.807) is 27.5 Å². The Bertz CT molecular complexity index is 674. The number of aromatic nitrogens is 2. The summed E-state index contributed by atoms with van der Waals surface area (Å²) in [6.45, 7) is 4.57. The van der Waals surface area contributed by atoms with Crippen molar-refractivity contribution in [1.82, 2.24) is 9.97 Å². The number of nitrogens with one attached hydrogen (secondary N) is 1. The number of methoxy groups -OCH3 is 3. The molecule has 0 saturated heterocycles. The van der Waals surface area contributed by atoms with Crippen LogP contribution in [-0.4, -0.2) is 37.8 Å². The van der Waals surface area contributed by atoms with Crippen LogP contribution in [0.2, 0.25) is 0 Å². The second kappa shape index (κ2) is 7.67. The average Bonchev–Trinajstić information content (AvgIpc) is 2.57. The molecule has 2 rings (SSSR count). The Labute approximate surface area is 136 Å². The zero-order valence-electron chi connectivity index (χ0n) is 14.3. The monoisotopic (exact) mass is 317 g/mol. The van der Waals surface area contributed by atoms with Gasteiger partial charge in [-0.1, -0.05) is 6.07 Å². The molecular weight excluding hydrogens is 294 g/mol. The van der Waals surface area contributed by atoms with Crippen molar-refractivity contribution in [3.63, 3.8) is 0 Å². The van der Waals surface area contributed by atoms with Gasteiger partial charge in [0.1, 0.15) is 5.82 Å². The summed E-state index contributed by atoms with van der Waals surface area (Å²) < 4.78 is 16.2. The summed E-state index contributed by atoms with van der Waals surface area (Å²) in [6.07, 6.45) is 2.52. The molecule has 1 heterocycles. The van der Waals surface area contributed by atoms with Crippen molar-refractivity contribution in [1.29, 1.82) is 0 Å². The Morgan fingerprint density at radius 1 is 1.00 bits per heavy atom. The maximum atomic E-state index is 5.49. The quantitative estimate of drug-likeness (QED) is 0.847. The standard InChI is InChI=1S/C17H23N3O3/c1-11-10-19-12(2)17(20-11)18-9-8-13-6-7-14(21-3)16(23-5)15(13)22-4/h6-7,10H,8-9H2,1-5H3,(H,18,20). The molecule has 0 spiro atoms. The minimum atomic E-state index is 0.610. The van der Waals surface area contributed by atoms with Gasteiger partial charge < -0.3 is 19.5 Å². The highest BCUT2D eigenvalue weighted by molar-refractivity contribution is 5.56.